The number of halogens is 1. The van der Waals surface area contributed by atoms with Crippen LogP contribution in [-0.4, -0.2) is 24.4 Å². The van der Waals surface area contributed by atoms with Crippen LogP contribution in [0.5, 0.6) is 0 Å². The predicted octanol–water partition coefficient (Wildman–Crippen LogP) is 2.58. The topological polar surface area (TPSA) is 84.2 Å². The van der Waals surface area contributed by atoms with Gasteiger partial charge in [-0.05, 0) is 55.7 Å². The quantitative estimate of drug-likeness (QED) is 0.718. The second kappa shape index (κ2) is 7.23. The molecule has 0 spiro atoms. The lowest BCUT2D eigenvalue weighted by Gasteiger charge is -2.26. The second-order valence-corrected chi connectivity index (χ2v) is 7.90. The van der Waals surface area contributed by atoms with E-state index in [9.17, 15) is 9.59 Å². The molecular formula is C18H24BrN3O2. The number of aryl methyl sites for hydroxylation is 1. The van der Waals surface area contributed by atoms with Crippen molar-refractivity contribution in [3.63, 3.8) is 0 Å². The highest BCUT2D eigenvalue weighted by molar-refractivity contribution is 9.10. The van der Waals surface area contributed by atoms with Gasteiger partial charge >= 0.3 is 0 Å². The molecule has 2 saturated carbocycles. The highest BCUT2D eigenvalue weighted by Crippen LogP contribution is 2.47. The van der Waals surface area contributed by atoms with E-state index in [0.29, 0.717) is 18.4 Å². The Labute approximate surface area is 150 Å². The molecule has 0 saturated heterocycles. The first-order chi connectivity index (χ1) is 11.5. The lowest BCUT2D eigenvalue weighted by atomic mass is 9.84. The molecule has 0 aliphatic heterocycles. The minimum absolute atomic E-state index is 0.0121. The molecule has 6 heteroatoms. The Bertz CT molecular complexity index is 647. The van der Waals surface area contributed by atoms with Crippen molar-refractivity contribution in [2.24, 2.45) is 23.5 Å². The van der Waals surface area contributed by atoms with Gasteiger partial charge in [-0.15, -0.1) is 0 Å². The second-order valence-electron chi connectivity index (χ2n) is 6.98. The number of nitrogens with one attached hydrogen (secondary N) is 2. The fourth-order valence-electron chi connectivity index (χ4n) is 4.08. The SMILES string of the molecule is Cc1ccc(Br)cc1NC(=O)CCNC(=O)C1C2CCC(C2)C1N. The van der Waals surface area contributed by atoms with Crippen LogP contribution in [-0.2, 0) is 9.59 Å². The number of anilines is 1. The van der Waals surface area contributed by atoms with Crippen molar-refractivity contribution < 1.29 is 9.59 Å². The number of carbonyl (C=O) groups excluding carboxylic acids is 2. The van der Waals surface area contributed by atoms with Gasteiger partial charge in [0.2, 0.25) is 11.8 Å². The zero-order valence-corrected chi connectivity index (χ0v) is 15.4. The van der Waals surface area contributed by atoms with E-state index < -0.39 is 0 Å². The van der Waals surface area contributed by atoms with E-state index in [1.54, 1.807) is 0 Å². The van der Waals surface area contributed by atoms with Crippen molar-refractivity contribution >= 4 is 33.4 Å². The normalized spacial score (nSPS) is 28.0. The van der Waals surface area contributed by atoms with Crippen molar-refractivity contribution in [2.75, 3.05) is 11.9 Å². The summed E-state index contributed by atoms with van der Waals surface area (Å²) in [6.45, 7) is 2.29. The van der Waals surface area contributed by atoms with Crippen LogP contribution in [0.4, 0.5) is 5.69 Å². The van der Waals surface area contributed by atoms with Gasteiger partial charge < -0.3 is 16.4 Å². The van der Waals surface area contributed by atoms with Crippen LogP contribution < -0.4 is 16.4 Å². The maximum absolute atomic E-state index is 12.4. The molecule has 4 unspecified atom stereocenters. The van der Waals surface area contributed by atoms with Crippen molar-refractivity contribution in [1.82, 2.24) is 5.32 Å². The number of nitrogens with two attached hydrogens (primary N) is 1. The standard InChI is InChI=1S/C18H24BrN3O2/c1-10-2-5-13(19)9-14(10)22-15(23)6-7-21-18(24)16-11-3-4-12(8-11)17(16)20/h2,5,9,11-12,16-17H,3-4,6-8,20H2,1H3,(H,21,24)(H,22,23). The third kappa shape index (κ3) is 3.64. The minimum atomic E-state index is -0.103. The average Bonchev–Trinajstić information content (AvgIpc) is 3.11. The number of rotatable bonds is 5. The molecule has 0 radical (unpaired) electrons. The molecule has 2 bridgehead atoms. The van der Waals surface area contributed by atoms with E-state index in [2.05, 4.69) is 26.6 Å². The van der Waals surface area contributed by atoms with Crippen molar-refractivity contribution in [3.05, 3.63) is 28.2 Å². The molecule has 130 valence electrons. The fraction of sp³-hybridized carbons (Fsp3) is 0.556. The average molecular weight is 394 g/mol. The first-order valence-corrected chi connectivity index (χ1v) is 9.34. The van der Waals surface area contributed by atoms with Gasteiger partial charge in [-0.2, -0.15) is 0 Å². The predicted molar refractivity (Wildman–Crippen MR) is 97.4 cm³/mol. The first-order valence-electron chi connectivity index (χ1n) is 8.55. The molecule has 4 N–H and O–H groups in total. The minimum Gasteiger partial charge on any atom is -0.355 e. The van der Waals surface area contributed by atoms with Gasteiger partial charge in [-0.1, -0.05) is 22.0 Å². The largest absolute Gasteiger partial charge is 0.355 e. The van der Waals surface area contributed by atoms with Gasteiger partial charge in [-0.3, -0.25) is 9.59 Å². The first kappa shape index (κ1) is 17.4. The number of carbonyl (C=O) groups is 2. The lowest BCUT2D eigenvalue weighted by Crippen LogP contribution is -2.45. The highest BCUT2D eigenvalue weighted by atomic mass is 79.9. The fourth-order valence-corrected chi connectivity index (χ4v) is 4.44. The summed E-state index contributed by atoms with van der Waals surface area (Å²) in [6.07, 6.45) is 3.61. The Morgan fingerprint density at radius 1 is 1.29 bits per heavy atom. The van der Waals surface area contributed by atoms with Crippen molar-refractivity contribution in [1.29, 1.82) is 0 Å². The number of hydrogen-bond acceptors (Lipinski definition) is 3. The van der Waals surface area contributed by atoms with Gasteiger partial charge in [0.25, 0.3) is 0 Å². The Morgan fingerprint density at radius 2 is 2.04 bits per heavy atom. The van der Waals surface area contributed by atoms with Crippen LogP contribution in [0.1, 0.15) is 31.2 Å². The van der Waals surface area contributed by atoms with Crippen LogP contribution in [0.2, 0.25) is 0 Å². The number of hydrogen-bond donors (Lipinski definition) is 3. The van der Waals surface area contributed by atoms with Crippen LogP contribution in [0.25, 0.3) is 0 Å². The summed E-state index contributed by atoms with van der Waals surface area (Å²) in [7, 11) is 0. The molecule has 2 amide bonds. The molecule has 0 heterocycles. The molecule has 0 aromatic heterocycles. The van der Waals surface area contributed by atoms with E-state index in [1.807, 2.05) is 25.1 Å². The van der Waals surface area contributed by atoms with Crippen molar-refractivity contribution in [3.8, 4) is 0 Å². The summed E-state index contributed by atoms with van der Waals surface area (Å²) >= 11 is 3.40. The van der Waals surface area contributed by atoms with Gasteiger partial charge in [0, 0.05) is 29.2 Å². The molecule has 1 aromatic rings. The smallest absolute Gasteiger partial charge is 0.226 e. The summed E-state index contributed by atoms with van der Waals surface area (Å²) in [4.78, 5) is 24.4. The van der Waals surface area contributed by atoms with E-state index in [1.165, 1.54) is 0 Å². The lowest BCUT2D eigenvalue weighted by molar-refractivity contribution is -0.127. The van der Waals surface area contributed by atoms with Crippen LogP contribution >= 0.6 is 15.9 Å². The Kier molecular flexibility index (Phi) is 5.25. The van der Waals surface area contributed by atoms with Gasteiger partial charge in [-0.25, -0.2) is 0 Å². The van der Waals surface area contributed by atoms with Crippen LogP contribution in [0, 0.1) is 24.7 Å². The zero-order chi connectivity index (χ0) is 17.3. The molecule has 1 aromatic carbocycles. The highest BCUT2D eigenvalue weighted by Gasteiger charge is 2.48. The van der Waals surface area contributed by atoms with Crippen molar-refractivity contribution in [2.45, 2.75) is 38.6 Å². The Hall–Kier alpha value is -1.40. The van der Waals surface area contributed by atoms with E-state index in [-0.39, 0.29) is 30.2 Å². The van der Waals surface area contributed by atoms with Crippen LogP contribution in [0.3, 0.4) is 0 Å². The molecular weight excluding hydrogens is 370 g/mol. The third-order valence-corrected chi connectivity index (χ3v) is 5.90. The van der Waals surface area contributed by atoms with Gasteiger partial charge in [0.15, 0.2) is 0 Å². The van der Waals surface area contributed by atoms with Gasteiger partial charge in [0.05, 0.1) is 5.92 Å². The summed E-state index contributed by atoms with van der Waals surface area (Å²) in [6, 6.07) is 5.74. The zero-order valence-electron chi connectivity index (χ0n) is 13.8. The summed E-state index contributed by atoms with van der Waals surface area (Å²) < 4.78 is 0.918. The molecule has 3 rings (SSSR count). The maximum atomic E-state index is 12.4. The van der Waals surface area contributed by atoms with E-state index in [0.717, 1.165) is 35.0 Å². The van der Waals surface area contributed by atoms with Crippen LogP contribution in [0.15, 0.2) is 22.7 Å². The molecule has 2 fully saturated rings. The number of benzene rings is 1. The third-order valence-electron chi connectivity index (χ3n) is 5.41. The number of fused-ring (bicyclic) bond motifs is 2. The molecule has 24 heavy (non-hydrogen) atoms. The molecule has 4 atom stereocenters. The monoisotopic (exact) mass is 393 g/mol. The number of amides is 2. The van der Waals surface area contributed by atoms with Gasteiger partial charge in [0.1, 0.15) is 0 Å². The molecule has 2 aliphatic carbocycles. The summed E-state index contributed by atoms with van der Waals surface area (Å²) in [5.74, 6) is 0.783. The Balaban J connectivity index is 1.45. The van der Waals surface area contributed by atoms with E-state index in [4.69, 9.17) is 5.73 Å². The van der Waals surface area contributed by atoms with E-state index >= 15 is 0 Å². The Morgan fingerprint density at radius 3 is 2.75 bits per heavy atom. The summed E-state index contributed by atoms with van der Waals surface area (Å²) in [5.41, 5.74) is 7.98. The molecule has 2 aliphatic rings. The maximum Gasteiger partial charge on any atom is 0.226 e. The molecule has 5 nitrogen and oxygen atoms in total. The summed E-state index contributed by atoms with van der Waals surface area (Å²) in [5, 5.41) is 5.78.